The number of aromatic nitrogens is 2. The zero-order valence-corrected chi connectivity index (χ0v) is 14.5. The summed E-state index contributed by atoms with van der Waals surface area (Å²) in [7, 11) is 1.64. The molecule has 0 amide bonds. The quantitative estimate of drug-likeness (QED) is 0.673. The normalized spacial score (nSPS) is 10.7. The molecule has 0 aliphatic carbocycles. The molecular formula is C20H20N2O4. The second-order valence-electron chi connectivity index (χ2n) is 5.88. The number of carbonyl (C=O) groups is 1. The molecule has 1 N–H and O–H groups in total. The van der Waals surface area contributed by atoms with Gasteiger partial charge in [-0.25, -0.2) is 9.78 Å². The Morgan fingerprint density at radius 3 is 2.65 bits per heavy atom. The fourth-order valence-corrected chi connectivity index (χ4v) is 2.57. The predicted molar refractivity (Wildman–Crippen MR) is 96.2 cm³/mol. The van der Waals surface area contributed by atoms with E-state index in [2.05, 4.69) is 4.98 Å². The molecule has 3 aromatic rings. The Morgan fingerprint density at radius 1 is 1.12 bits per heavy atom. The second-order valence-corrected chi connectivity index (χ2v) is 5.88. The minimum atomic E-state index is -0.922. The molecule has 0 aliphatic heterocycles. The molecule has 0 bridgehead atoms. The van der Waals surface area contributed by atoms with Crippen molar-refractivity contribution in [2.45, 2.75) is 19.8 Å². The van der Waals surface area contributed by atoms with Crippen LogP contribution < -0.4 is 4.74 Å². The first-order valence-electron chi connectivity index (χ1n) is 8.17. The number of rotatable bonds is 8. The zero-order chi connectivity index (χ0) is 18.4. The van der Waals surface area contributed by atoms with Gasteiger partial charge in [0.2, 0.25) is 0 Å². The first-order valence-corrected chi connectivity index (χ1v) is 8.17. The highest BCUT2D eigenvalue weighted by molar-refractivity contribution is 5.87. The van der Waals surface area contributed by atoms with Gasteiger partial charge in [-0.2, -0.15) is 0 Å². The molecule has 3 rings (SSSR count). The van der Waals surface area contributed by atoms with Crippen molar-refractivity contribution >= 4 is 5.97 Å². The number of methoxy groups -OCH3 is 1. The Labute approximate surface area is 151 Å². The standard InChI is InChI=1S/C20H20N2O4/c1-25-19-4-2-3-16(9-19)12-26-13-18-11-22(14-21-18)10-15-5-7-17(8-6-15)20(23)24/h2-9,11,14H,10,12-13H2,1H3,(H,23,24). The average molecular weight is 352 g/mol. The van der Waals surface area contributed by atoms with Crippen molar-refractivity contribution in [3.8, 4) is 5.75 Å². The molecule has 6 nitrogen and oxygen atoms in total. The number of carboxylic acid groups (broad SMARTS) is 1. The van der Waals surface area contributed by atoms with Crippen LogP contribution in [0.2, 0.25) is 0 Å². The SMILES string of the molecule is COc1cccc(COCc2cn(Cc3ccc(C(=O)O)cc3)cn2)c1. The molecule has 0 radical (unpaired) electrons. The maximum atomic E-state index is 10.9. The largest absolute Gasteiger partial charge is 0.497 e. The van der Waals surface area contributed by atoms with Gasteiger partial charge < -0.3 is 19.1 Å². The highest BCUT2D eigenvalue weighted by atomic mass is 16.5. The molecule has 2 aromatic carbocycles. The van der Waals surface area contributed by atoms with Crippen molar-refractivity contribution in [2.24, 2.45) is 0 Å². The molecular weight excluding hydrogens is 332 g/mol. The summed E-state index contributed by atoms with van der Waals surface area (Å²) in [6.07, 6.45) is 3.67. The number of imidazole rings is 1. The lowest BCUT2D eigenvalue weighted by molar-refractivity contribution is 0.0697. The highest BCUT2D eigenvalue weighted by Crippen LogP contribution is 2.14. The van der Waals surface area contributed by atoms with E-state index in [0.29, 0.717) is 19.8 Å². The Balaban J connectivity index is 1.52. The van der Waals surface area contributed by atoms with Crippen LogP contribution in [0.4, 0.5) is 0 Å². The number of nitrogens with zero attached hydrogens (tertiary/aromatic N) is 2. The van der Waals surface area contributed by atoms with Crippen LogP contribution in [0.5, 0.6) is 5.75 Å². The van der Waals surface area contributed by atoms with Gasteiger partial charge in [0.1, 0.15) is 5.75 Å². The minimum Gasteiger partial charge on any atom is -0.497 e. The van der Waals surface area contributed by atoms with E-state index in [9.17, 15) is 4.79 Å². The summed E-state index contributed by atoms with van der Waals surface area (Å²) in [6.45, 7) is 1.53. The fourth-order valence-electron chi connectivity index (χ4n) is 2.57. The maximum absolute atomic E-state index is 10.9. The van der Waals surface area contributed by atoms with E-state index in [0.717, 1.165) is 22.6 Å². The summed E-state index contributed by atoms with van der Waals surface area (Å²) < 4.78 is 12.9. The van der Waals surface area contributed by atoms with Crippen molar-refractivity contribution in [1.29, 1.82) is 0 Å². The van der Waals surface area contributed by atoms with E-state index in [4.69, 9.17) is 14.6 Å². The Kier molecular flexibility index (Phi) is 5.66. The highest BCUT2D eigenvalue weighted by Gasteiger charge is 2.04. The average Bonchev–Trinajstić information content (AvgIpc) is 3.09. The lowest BCUT2D eigenvalue weighted by atomic mass is 10.1. The van der Waals surface area contributed by atoms with Crippen LogP contribution in [0.1, 0.15) is 27.2 Å². The molecule has 0 saturated heterocycles. The maximum Gasteiger partial charge on any atom is 0.335 e. The Bertz CT molecular complexity index is 872. The summed E-state index contributed by atoms with van der Waals surface area (Å²) in [5, 5.41) is 8.93. The number of hydrogen-bond acceptors (Lipinski definition) is 4. The van der Waals surface area contributed by atoms with Gasteiger partial charge in [-0.15, -0.1) is 0 Å². The number of hydrogen-bond donors (Lipinski definition) is 1. The monoisotopic (exact) mass is 352 g/mol. The van der Waals surface area contributed by atoms with Crippen molar-refractivity contribution in [1.82, 2.24) is 9.55 Å². The summed E-state index contributed by atoms with van der Waals surface area (Å²) in [5.41, 5.74) is 3.18. The second kappa shape index (κ2) is 8.31. The molecule has 6 heteroatoms. The molecule has 0 unspecified atom stereocenters. The third kappa shape index (κ3) is 4.70. The Morgan fingerprint density at radius 2 is 1.92 bits per heavy atom. The number of aromatic carboxylic acids is 1. The lowest BCUT2D eigenvalue weighted by Gasteiger charge is -2.05. The van der Waals surface area contributed by atoms with Gasteiger partial charge in [0.05, 0.1) is 37.9 Å². The lowest BCUT2D eigenvalue weighted by Crippen LogP contribution is -1.99. The molecule has 0 aliphatic rings. The van der Waals surface area contributed by atoms with Crippen LogP contribution in [0.3, 0.4) is 0 Å². The third-order valence-electron chi connectivity index (χ3n) is 3.91. The molecule has 0 fully saturated rings. The molecule has 0 spiro atoms. The van der Waals surface area contributed by atoms with Gasteiger partial charge >= 0.3 is 5.97 Å². The van der Waals surface area contributed by atoms with Gasteiger partial charge in [0.15, 0.2) is 0 Å². The van der Waals surface area contributed by atoms with E-state index >= 15 is 0 Å². The van der Waals surface area contributed by atoms with Crippen molar-refractivity contribution < 1.29 is 19.4 Å². The molecule has 1 heterocycles. The third-order valence-corrected chi connectivity index (χ3v) is 3.91. The van der Waals surface area contributed by atoms with Crippen LogP contribution in [-0.4, -0.2) is 27.7 Å². The van der Waals surface area contributed by atoms with Crippen LogP contribution in [-0.2, 0) is 24.5 Å². The zero-order valence-electron chi connectivity index (χ0n) is 14.5. The fraction of sp³-hybridized carbons (Fsp3) is 0.200. The van der Waals surface area contributed by atoms with Gasteiger partial charge in [0.25, 0.3) is 0 Å². The van der Waals surface area contributed by atoms with Crippen LogP contribution >= 0.6 is 0 Å². The molecule has 0 saturated carbocycles. The first kappa shape index (κ1) is 17.7. The van der Waals surface area contributed by atoms with E-state index < -0.39 is 5.97 Å². The molecule has 1 aromatic heterocycles. The molecule has 134 valence electrons. The summed E-state index contributed by atoms with van der Waals surface area (Å²) in [6, 6.07) is 14.6. The van der Waals surface area contributed by atoms with Crippen molar-refractivity contribution in [3.63, 3.8) is 0 Å². The van der Waals surface area contributed by atoms with Gasteiger partial charge in [-0.05, 0) is 35.4 Å². The van der Waals surface area contributed by atoms with E-state index in [1.165, 1.54) is 0 Å². The van der Waals surface area contributed by atoms with Gasteiger partial charge in [-0.3, -0.25) is 0 Å². The predicted octanol–water partition coefficient (Wildman–Crippen LogP) is 3.36. The number of benzene rings is 2. The first-order chi connectivity index (χ1) is 12.6. The van der Waals surface area contributed by atoms with E-state index in [1.54, 1.807) is 25.6 Å². The van der Waals surface area contributed by atoms with Crippen molar-refractivity contribution in [2.75, 3.05) is 7.11 Å². The van der Waals surface area contributed by atoms with Crippen LogP contribution in [0.25, 0.3) is 0 Å². The van der Waals surface area contributed by atoms with Crippen LogP contribution in [0.15, 0.2) is 61.1 Å². The topological polar surface area (TPSA) is 73.6 Å². The van der Waals surface area contributed by atoms with Gasteiger partial charge in [0, 0.05) is 12.7 Å². The van der Waals surface area contributed by atoms with Gasteiger partial charge in [-0.1, -0.05) is 24.3 Å². The minimum absolute atomic E-state index is 0.283. The van der Waals surface area contributed by atoms with E-state index in [-0.39, 0.29) is 5.56 Å². The molecule has 0 atom stereocenters. The molecule has 26 heavy (non-hydrogen) atoms. The number of ether oxygens (including phenoxy) is 2. The van der Waals surface area contributed by atoms with Crippen LogP contribution in [0, 0.1) is 0 Å². The summed E-state index contributed by atoms with van der Waals surface area (Å²) in [4.78, 5) is 15.2. The Hall–Kier alpha value is -3.12. The summed E-state index contributed by atoms with van der Waals surface area (Å²) in [5.74, 6) is -0.112. The summed E-state index contributed by atoms with van der Waals surface area (Å²) >= 11 is 0. The number of carboxylic acids is 1. The van der Waals surface area contributed by atoms with E-state index in [1.807, 2.05) is 47.2 Å². The van der Waals surface area contributed by atoms with Crippen molar-refractivity contribution in [3.05, 3.63) is 83.4 Å². The smallest absolute Gasteiger partial charge is 0.335 e.